The molecule has 2 aromatic carbocycles. The van der Waals surface area contributed by atoms with E-state index in [9.17, 15) is 10.1 Å². The maximum atomic E-state index is 10.6. The van der Waals surface area contributed by atoms with Crippen molar-refractivity contribution in [2.75, 3.05) is 7.11 Å². The third-order valence-electron chi connectivity index (χ3n) is 2.69. The minimum atomic E-state index is -0.442. The molecule has 2 aromatic rings. The first-order chi connectivity index (χ1) is 9.60. The van der Waals surface area contributed by atoms with E-state index in [1.54, 1.807) is 19.2 Å². The lowest BCUT2D eigenvalue weighted by Gasteiger charge is -2.09. The molecular formula is C14H12BrNO4. The zero-order valence-corrected chi connectivity index (χ0v) is 12.3. The molecule has 0 fully saturated rings. The number of nitro benzene ring substituents is 1. The molecule has 0 heterocycles. The van der Waals surface area contributed by atoms with Gasteiger partial charge in [-0.15, -0.1) is 0 Å². The minimum absolute atomic E-state index is 0.0416. The molecule has 6 heteroatoms. The lowest BCUT2D eigenvalue weighted by atomic mass is 10.2. The van der Waals surface area contributed by atoms with Gasteiger partial charge >= 0.3 is 0 Å². The van der Waals surface area contributed by atoms with Crippen LogP contribution in [-0.4, -0.2) is 12.0 Å². The van der Waals surface area contributed by atoms with E-state index in [2.05, 4.69) is 15.9 Å². The molecular weight excluding hydrogens is 326 g/mol. The third kappa shape index (κ3) is 3.48. The molecule has 0 aliphatic heterocycles. The summed E-state index contributed by atoms with van der Waals surface area (Å²) in [4.78, 5) is 10.1. The molecule has 0 unspecified atom stereocenters. The highest BCUT2D eigenvalue weighted by molar-refractivity contribution is 9.10. The predicted molar refractivity (Wildman–Crippen MR) is 78.1 cm³/mol. The summed E-state index contributed by atoms with van der Waals surface area (Å²) in [5, 5.41) is 10.6. The van der Waals surface area contributed by atoms with Gasteiger partial charge in [0.15, 0.2) is 0 Å². The summed E-state index contributed by atoms with van der Waals surface area (Å²) in [6, 6.07) is 11.6. The van der Waals surface area contributed by atoms with E-state index in [4.69, 9.17) is 9.47 Å². The van der Waals surface area contributed by atoms with E-state index in [1.165, 1.54) is 12.1 Å². The molecule has 0 N–H and O–H groups in total. The number of rotatable bonds is 5. The number of non-ortho nitro benzene ring substituents is 1. The van der Waals surface area contributed by atoms with E-state index >= 15 is 0 Å². The van der Waals surface area contributed by atoms with Crippen molar-refractivity contribution in [3.05, 3.63) is 62.6 Å². The number of methoxy groups -OCH3 is 1. The van der Waals surface area contributed by atoms with Crippen molar-refractivity contribution in [2.24, 2.45) is 0 Å². The molecule has 5 nitrogen and oxygen atoms in total. The average molecular weight is 338 g/mol. The van der Waals surface area contributed by atoms with E-state index < -0.39 is 4.92 Å². The molecule has 20 heavy (non-hydrogen) atoms. The van der Waals surface area contributed by atoms with Crippen LogP contribution >= 0.6 is 15.9 Å². The topological polar surface area (TPSA) is 61.6 Å². The fourth-order valence-electron chi connectivity index (χ4n) is 1.61. The Hall–Kier alpha value is -2.08. The fourth-order valence-corrected chi connectivity index (χ4v) is 1.97. The number of hydrogen-bond acceptors (Lipinski definition) is 4. The molecule has 0 bridgehead atoms. The predicted octanol–water partition coefficient (Wildman–Crippen LogP) is 3.94. The van der Waals surface area contributed by atoms with Crippen LogP contribution in [0.25, 0.3) is 0 Å². The normalized spacial score (nSPS) is 10.1. The van der Waals surface area contributed by atoms with Gasteiger partial charge in [-0.25, -0.2) is 0 Å². The van der Waals surface area contributed by atoms with Gasteiger partial charge in [0.25, 0.3) is 5.69 Å². The molecule has 0 radical (unpaired) electrons. The highest BCUT2D eigenvalue weighted by Gasteiger charge is 2.06. The van der Waals surface area contributed by atoms with E-state index in [0.29, 0.717) is 12.4 Å². The van der Waals surface area contributed by atoms with Gasteiger partial charge in [0.2, 0.25) is 0 Å². The monoisotopic (exact) mass is 337 g/mol. The molecule has 104 valence electrons. The lowest BCUT2D eigenvalue weighted by molar-refractivity contribution is -0.384. The number of nitrogens with zero attached hydrogens (tertiary/aromatic N) is 1. The molecule has 0 spiro atoms. The molecule has 0 saturated carbocycles. The van der Waals surface area contributed by atoms with E-state index in [-0.39, 0.29) is 5.69 Å². The van der Waals surface area contributed by atoms with Crippen molar-refractivity contribution < 1.29 is 14.4 Å². The Balaban J connectivity index is 2.06. The maximum absolute atomic E-state index is 10.6. The quantitative estimate of drug-likeness (QED) is 0.612. The largest absolute Gasteiger partial charge is 0.497 e. The van der Waals surface area contributed by atoms with Crippen molar-refractivity contribution in [3.8, 4) is 11.5 Å². The maximum Gasteiger partial charge on any atom is 0.269 e. The summed E-state index contributed by atoms with van der Waals surface area (Å²) in [7, 11) is 1.60. The summed E-state index contributed by atoms with van der Waals surface area (Å²) in [5.41, 5.74) is 0.975. The first-order valence-electron chi connectivity index (χ1n) is 5.80. The van der Waals surface area contributed by atoms with Crippen LogP contribution in [0.2, 0.25) is 0 Å². The molecule has 0 amide bonds. The van der Waals surface area contributed by atoms with Crippen LogP contribution in [0.4, 0.5) is 5.69 Å². The molecule has 0 aliphatic carbocycles. The zero-order valence-electron chi connectivity index (χ0n) is 10.7. The smallest absolute Gasteiger partial charge is 0.269 e. The third-order valence-corrected chi connectivity index (χ3v) is 3.47. The second-order valence-corrected chi connectivity index (χ2v) is 4.85. The summed E-state index contributed by atoms with van der Waals surface area (Å²) in [6.07, 6.45) is 0. The molecule has 2 rings (SSSR count). The van der Waals surface area contributed by atoms with E-state index in [0.717, 1.165) is 15.8 Å². The SMILES string of the molecule is COc1ccc(Br)c(COc2ccc([N+](=O)[O-])cc2)c1. The van der Waals surface area contributed by atoms with Gasteiger partial charge in [-0.05, 0) is 30.3 Å². The fraction of sp³-hybridized carbons (Fsp3) is 0.143. The van der Waals surface area contributed by atoms with Crippen molar-refractivity contribution in [3.63, 3.8) is 0 Å². The van der Waals surface area contributed by atoms with Gasteiger partial charge in [-0.2, -0.15) is 0 Å². The van der Waals surface area contributed by atoms with E-state index in [1.807, 2.05) is 18.2 Å². The van der Waals surface area contributed by atoms with Gasteiger partial charge < -0.3 is 9.47 Å². The van der Waals surface area contributed by atoms with Crippen LogP contribution in [0, 0.1) is 10.1 Å². The molecule has 0 aliphatic rings. The Bertz CT molecular complexity index is 613. The van der Waals surface area contributed by atoms with Crippen LogP contribution in [0.15, 0.2) is 46.9 Å². The number of ether oxygens (including phenoxy) is 2. The summed E-state index contributed by atoms with van der Waals surface area (Å²) < 4.78 is 11.7. The highest BCUT2D eigenvalue weighted by Crippen LogP contribution is 2.24. The van der Waals surface area contributed by atoms with Gasteiger partial charge in [0, 0.05) is 22.2 Å². The Kier molecular flexibility index (Phi) is 4.57. The molecule has 0 atom stereocenters. The Morgan fingerprint density at radius 1 is 1.15 bits per heavy atom. The first kappa shape index (κ1) is 14.3. The van der Waals surface area contributed by atoms with Crippen molar-refractivity contribution in [2.45, 2.75) is 6.61 Å². The Labute approximate surface area is 124 Å². The summed E-state index contributed by atoms with van der Waals surface area (Å²) in [6.45, 7) is 0.343. The number of halogens is 1. The van der Waals surface area contributed by atoms with Crippen LogP contribution in [0.5, 0.6) is 11.5 Å². The summed E-state index contributed by atoms with van der Waals surface area (Å²) >= 11 is 3.44. The first-order valence-corrected chi connectivity index (χ1v) is 6.59. The van der Waals surface area contributed by atoms with Gasteiger partial charge in [0.1, 0.15) is 18.1 Å². The number of hydrogen-bond donors (Lipinski definition) is 0. The molecule has 0 aromatic heterocycles. The van der Waals surface area contributed by atoms with Crippen molar-refractivity contribution >= 4 is 21.6 Å². The molecule has 0 saturated heterocycles. The van der Waals surface area contributed by atoms with Gasteiger partial charge in [-0.3, -0.25) is 10.1 Å². The van der Waals surface area contributed by atoms with Crippen LogP contribution in [0.1, 0.15) is 5.56 Å². The number of nitro groups is 1. The second kappa shape index (κ2) is 6.38. The van der Waals surface area contributed by atoms with Gasteiger partial charge in [-0.1, -0.05) is 15.9 Å². The van der Waals surface area contributed by atoms with Gasteiger partial charge in [0.05, 0.1) is 12.0 Å². The van der Waals surface area contributed by atoms with Crippen molar-refractivity contribution in [1.29, 1.82) is 0 Å². The van der Waals surface area contributed by atoms with Crippen LogP contribution in [-0.2, 0) is 6.61 Å². The van der Waals surface area contributed by atoms with Crippen LogP contribution in [0.3, 0.4) is 0 Å². The highest BCUT2D eigenvalue weighted by atomic mass is 79.9. The zero-order chi connectivity index (χ0) is 14.5. The average Bonchev–Trinajstić information content (AvgIpc) is 2.47. The Morgan fingerprint density at radius 2 is 1.80 bits per heavy atom. The summed E-state index contributed by atoms with van der Waals surface area (Å²) in [5.74, 6) is 1.32. The van der Waals surface area contributed by atoms with Crippen molar-refractivity contribution in [1.82, 2.24) is 0 Å². The minimum Gasteiger partial charge on any atom is -0.497 e. The van der Waals surface area contributed by atoms with Crippen LogP contribution < -0.4 is 9.47 Å². The number of benzene rings is 2. The Morgan fingerprint density at radius 3 is 2.40 bits per heavy atom. The lowest BCUT2D eigenvalue weighted by Crippen LogP contribution is -1.97. The second-order valence-electron chi connectivity index (χ2n) is 4.00. The standard InChI is InChI=1S/C14H12BrNO4/c1-19-13-6-7-14(15)10(8-13)9-20-12-4-2-11(3-5-12)16(17)18/h2-8H,9H2,1H3.